The summed E-state index contributed by atoms with van der Waals surface area (Å²) in [6, 6.07) is 0. The molecule has 6 rings (SSSR count). The van der Waals surface area contributed by atoms with Gasteiger partial charge in [-0.25, -0.2) is 0 Å². The van der Waals surface area contributed by atoms with Gasteiger partial charge in [0.05, 0.1) is 37.1 Å². The number of esters is 3. The van der Waals surface area contributed by atoms with E-state index in [0.717, 1.165) is 103 Å². The van der Waals surface area contributed by atoms with E-state index in [2.05, 4.69) is 13.8 Å². The Labute approximate surface area is 507 Å². The van der Waals surface area contributed by atoms with Gasteiger partial charge < -0.3 is 108 Å². The van der Waals surface area contributed by atoms with Crippen molar-refractivity contribution in [3.8, 4) is 0 Å². The molecule has 0 bridgehead atoms. The van der Waals surface area contributed by atoms with Crippen LogP contribution >= 0.6 is 0 Å². The molecule has 6 heterocycles. The van der Waals surface area contributed by atoms with Gasteiger partial charge in [-0.05, 0) is 53.4 Å². The highest BCUT2D eigenvalue weighted by Gasteiger charge is 2.58. The van der Waals surface area contributed by atoms with Crippen LogP contribution in [0.25, 0.3) is 0 Å². The average molecular weight is 1240 g/mol. The summed E-state index contributed by atoms with van der Waals surface area (Å²) in [7, 11) is 0. The summed E-state index contributed by atoms with van der Waals surface area (Å²) >= 11 is 0. The second-order valence-corrected chi connectivity index (χ2v) is 24.5. The summed E-state index contributed by atoms with van der Waals surface area (Å²) in [5.74, 6) is -2.16. The molecule has 0 saturated carbocycles. The van der Waals surface area contributed by atoms with Crippen molar-refractivity contribution in [1.29, 1.82) is 0 Å². The lowest BCUT2D eigenvalue weighted by Gasteiger charge is -2.51. The quantitative estimate of drug-likeness (QED) is 0.0378. The number of carbonyl (C=O) groups excluding carboxylic acids is 3. The first kappa shape index (κ1) is 72.7. The van der Waals surface area contributed by atoms with Crippen molar-refractivity contribution in [3.63, 3.8) is 0 Å². The number of rotatable bonds is 24. The molecule has 0 aromatic heterocycles. The van der Waals surface area contributed by atoms with Crippen molar-refractivity contribution in [2.24, 2.45) is 0 Å². The summed E-state index contributed by atoms with van der Waals surface area (Å²) in [5, 5.41) is 102. The third-order valence-electron chi connectivity index (χ3n) is 17.5. The van der Waals surface area contributed by atoms with E-state index in [1.54, 1.807) is 13.8 Å². The lowest BCUT2D eigenvalue weighted by molar-refractivity contribution is -0.400. The highest BCUT2D eigenvalue weighted by molar-refractivity contribution is 5.70. The molecule has 6 aliphatic heterocycles. The van der Waals surface area contributed by atoms with Crippen molar-refractivity contribution in [3.05, 3.63) is 0 Å². The molecule has 6 saturated heterocycles. The summed E-state index contributed by atoms with van der Waals surface area (Å²) in [6.07, 6.45) is -21.3. The van der Waals surface area contributed by atoms with Crippen molar-refractivity contribution in [1.82, 2.24) is 0 Å². The van der Waals surface area contributed by atoms with Crippen LogP contribution in [0.5, 0.6) is 0 Å². The number of hydrogen-bond donors (Lipinski definition) is 9. The van der Waals surface area contributed by atoms with Crippen LogP contribution in [-0.4, -0.2) is 230 Å². The Balaban J connectivity index is 1.35. The standard InChI is InChI=1S/C61H106O25/c1-8-11-13-14-15-16-19-22-27-31-41(65)82-56-55(86-58-47(71)44(68)43(67)38(32-62)79-58)52(84-57-48(72)46(70)50(34(5)75-57)80-39(63)10-3)36(7)77-61(56)83-51-35(6)76-60-54(49(51)73)81-40(64)30-26-23-20-17-18-21-25-29-37(28-24-12-9-2)78-59-53(85-60)45(69)42(66)33(4)74-59/h33-38,42-62,66-73H,8-32H2,1-7H3/t33-,34+,35+,36+,37?,38-,42+,43-,44+,45+,46+,47-,48-,49-,50+,51+,52+,53-,54-,55-,56-,57+,58+,59+,60+,61+/m1/s1. The lowest BCUT2D eigenvalue weighted by Crippen LogP contribution is -2.68. The van der Waals surface area contributed by atoms with Crippen LogP contribution in [0, 0.1) is 0 Å². The van der Waals surface area contributed by atoms with Gasteiger partial charge in [0.2, 0.25) is 0 Å². The molecule has 25 heteroatoms. The van der Waals surface area contributed by atoms with Crippen molar-refractivity contribution < 1.29 is 122 Å². The second kappa shape index (κ2) is 36.6. The van der Waals surface area contributed by atoms with Crippen LogP contribution < -0.4 is 0 Å². The van der Waals surface area contributed by atoms with Crippen LogP contribution in [0.15, 0.2) is 0 Å². The zero-order chi connectivity index (χ0) is 62.6. The molecule has 6 aliphatic rings. The first-order valence-corrected chi connectivity index (χ1v) is 32.4. The number of fused-ring (bicyclic) bond motifs is 2. The van der Waals surface area contributed by atoms with Gasteiger partial charge in [0.1, 0.15) is 79.4 Å². The fourth-order valence-corrected chi connectivity index (χ4v) is 12.2. The maximum Gasteiger partial charge on any atom is 0.306 e. The van der Waals surface area contributed by atoms with Gasteiger partial charge in [0, 0.05) is 19.3 Å². The van der Waals surface area contributed by atoms with Gasteiger partial charge in [-0.3, -0.25) is 14.4 Å². The first-order chi connectivity index (χ1) is 41.2. The Morgan fingerprint density at radius 3 is 1.66 bits per heavy atom. The minimum Gasteiger partial charge on any atom is -0.457 e. The van der Waals surface area contributed by atoms with E-state index in [-0.39, 0.29) is 25.4 Å². The van der Waals surface area contributed by atoms with Gasteiger partial charge in [-0.1, -0.05) is 130 Å². The van der Waals surface area contributed by atoms with Crippen molar-refractivity contribution in [2.45, 2.75) is 362 Å². The maximum atomic E-state index is 14.3. The molecule has 0 aromatic rings. The van der Waals surface area contributed by atoms with E-state index < -0.39 is 178 Å². The molecule has 0 radical (unpaired) electrons. The smallest absolute Gasteiger partial charge is 0.306 e. The van der Waals surface area contributed by atoms with E-state index in [9.17, 15) is 60.3 Å². The predicted molar refractivity (Wildman–Crippen MR) is 303 cm³/mol. The van der Waals surface area contributed by atoms with Gasteiger partial charge in [-0.15, -0.1) is 0 Å². The normalized spacial score (nSPS) is 41.6. The van der Waals surface area contributed by atoms with E-state index in [1.807, 2.05) is 0 Å². The topological polar surface area (TPSA) is 353 Å². The van der Waals surface area contributed by atoms with Gasteiger partial charge in [0.25, 0.3) is 0 Å². The first-order valence-electron chi connectivity index (χ1n) is 32.4. The molecule has 1 unspecified atom stereocenters. The van der Waals surface area contributed by atoms with Crippen LogP contribution in [0.3, 0.4) is 0 Å². The molecular weight excluding hydrogens is 1130 g/mol. The second-order valence-electron chi connectivity index (χ2n) is 24.5. The molecule has 26 atom stereocenters. The molecule has 500 valence electrons. The monoisotopic (exact) mass is 1240 g/mol. The molecule has 6 fully saturated rings. The Bertz CT molecular complexity index is 1950. The number of ether oxygens (including phenoxy) is 13. The summed E-state index contributed by atoms with van der Waals surface area (Å²) in [5.41, 5.74) is 0. The molecule has 0 amide bonds. The molecule has 9 N–H and O–H groups in total. The molecule has 0 aliphatic carbocycles. The fourth-order valence-electron chi connectivity index (χ4n) is 12.2. The Morgan fingerprint density at radius 2 is 0.988 bits per heavy atom. The third kappa shape index (κ3) is 20.3. The van der Waals surface area contributed by atoms with Gasteiger partial charge in [0.15, 0.2) is 49.8 Å². The van der Waals surface area contributed by atoms with E-state index in [0.29, 0.717) is 32.1 Å². The van der Waals surface area contributed by atoms with E-state index >= 15 is 0 Å². The van der Waals surface area contributed by atoms with Crippen LogP contribution in [0.2, 0.25) is 0 Å². The van der Waals surface area contributed by atoms with Crippen LogP contribution in [-0.2, 0) is 76.0 Å². The predicted octanol–water partition coefficient (Wildman–Crippen LogP) is 3.67. The minimum absolute atomic E-state index is 0.0358. The van der Waals surface area contributed by atoms with Crippen molar-refractivity contribution >= 4 is 17.9 Å². The van der Waals surface area contributed by atoms with E-state index in [1.165, 1.54) is 20.8 Å². The highest BCUT2D eigenvalue weighted by Crippen LogP contribution is 2.39. The molecule has 86 heavy (non-hydrogen) atoms. The maximum absolute atomic E-state index is 14.3. The number of hydrogen-bond acceptors (Lipinski definition) is 25. The van der Waals surface area contributed by atoms with Gasteiger partial charge in [-0.2, -0.15) is 0 Å². The minimum atomic E-state index is -2.01. The summed E-state index contributed by atoms with van der Waals surface area (Å²) in [6.45, 7) is 11.1. The Hall–Kier alpha value is -2.35. The largest absolute Gasteiger partial charge is 0.457 e. The number of unbranched alkanes of at least 4 members (excludes halogenated alkanes) is 10. The number of carbonyl (C=O) groups is 3. The Kier molecular flexibility index (Phi) is 31.0. The third-order valence-corrected chi connectivity index (χ3v) is 17.5. The van der Waals surface area contributed by atoms with Crippen LogP contribution in [0.1, 0.15) is 203 Å². The molecule has 0 aromatic carbocycles. The number of aliphatic hydroxyl groups excluding tert-OH is 9. The summed E-state index contributed by atoms with van der Waals surface area (Å²) in [4.78, 5) is 40.5. The highest BCUT2D eigenvalue weighted by atomic mass is 16.8. The fraction of sp³-hybridized carbons (Fsp3) is 0.951. The summed E-state index contributed by atoms with van der Waals surface area (Å²) < 4.78 is 81.6. The lowest BCUT2D eigenvalue weighted by atomic mass is 9.95. The average Bonchev–Trinajstić information content (AvgIpc) is 1.59. The molecular formula is C61H106O25. The van der Waals surface area contributed by atoms with Crippen molar-refractivity contribution in [2.75, 3.05) is 6.61 Å². The van der Waals surface area contributed by atoms with Gasteiger partial charge >= 0.3 is 17.9 Å². The number of aliphatic hydroxyl groups is 9. The van der Waals surface area contributed by atoms with Crippen LogP contribution in [0.4, 0.5) is 0 Å². The SMILES string of the molecule is CCCCCCCCCCCC(=O)O[C@H]1[C@H](O[C@@H]2[C@@H](O)[C@H]3OC(=O)CCCCCCCCCC(CCCCC)O[C@@H]4O[C@H](C)[C@H](O)[C@H](O)[C@H]4O[C@@H]3O[C@H]2C)O[C@@H](C)[C@H](O[C@@H]2O[C@@H](C)[C@H](OC(=O)CC)[C@@H](O)[C@H]2O)[C@H]1O[C@@H]1O[C@H](CO)[C@@H](O)[C@H](O)[C@H]1O. The van der Waals surface area contributed by atoms with E-state index in [4.69, 9.17) is 61.6 Å². The zero-order valence-electron chi connectivity index (χ0n) is 51.7. The molecule has 25 nitrogen and oxygen atoms in total. The Morgan fingerprint density at radius 1 is 0.453 bits per heavy atom. The molecule has 0 spiro atoms. The zero-order valence-corrected chi connectivity index (χ0v) is 51.7.